The number of aromatic nitrogens is 4. The quantitative estimate of drug-likeness (QED) is 0.771. The summed E-state index contributed by atoms with van der Waals surface area (Å²) in [6, 6.07) is 6.89. The zero-order chi connectivity index (χ0) is 17.5. The SMILES string of the molecule is CCCn1nnc(NC(=S)NC(=O)c2cccc(OC(C)C)c2)n1. The maximum absolute atomic E-state index is 12.2. The van der Waals surface area contributed by atoms with Gasteiger partial charge in [-0.05, 0) is 55.9 Å². The fraction of sp³-hybridized carbons (Fsp3) is 0.400. The molecule has 1 amide bonds. The number of ether oxygens (including phenoxy) is 1. The van der Waals surface area contributed by atoms with Gasteiger partial charge in [0, 0.05) is 5.56 Å². The van der Waals surface area contributed by atoms with Crippen molar-refractivity contribution >= 4 is 29.2 Å². The Bertz CT molecular complexity index is 715. The number of anilines is 1. The van der Waals surface area contributed by atoms with E-state index in [1.807, 2.05) is 20.8 Å². The molecule has 0 saturated carbocycles. The van der Waals surface area contributed by atoms with Crippen molar-refractivity contribution in [3.05, 3.63) is 29.8 Å². The zero-order valence-electron chi connectivity index (χ0n) is 13.8. The molecule has 2 N–H and O–H groups in total. The summed E-state index contributed by atoms with van der Waals surface area (Å²) in [7, 11) is 0. The fourth-order valence-corrected chi connectivity index (χ4v) is 2.06. The molecule has 1 aromatic heterocycles. The number of rotatable bonds is 6. The van der Waals surface area contributed by atoms with Gasteiger partial charge in [0.1, 0.15) is 5.75 Å². The lowest BCUT2D eigenvalue weighted by atomic mass is 10.2. The molecule has 2 aromatic rings. The Hall–Kier alpha value is -2.55. The third-order valence-corrected chi connectivity index (χ3v) is 3.00. The molecule has 0 bridgehead atoms. The number of benzene rings is 1. The van der Waals surface area contributed by atoms with Gasteiger partial charge in [-0.3, -0.25) is 15.4 Å². The molecule has 9 heteroatoms. The number of amides is 1. The van der Waals surface area contributed by atoms with Crippen molar-refractivity contribution in [2.24, 2.45) is 0 Å². The van der Waals surface area contributed by atoms with Gasteiger partial charge in [-0.15, -0.1) is 5.10 Å². The minimum atomic E-state index is -0.345. The summed E-state index contributed by atoms with van der Waals surface area (Å²) >= 11 is 5.10. The molecule has 24 heavy (non-hydrogen) atoms. The maximum Gasteiger partial charge on any atom is 0.269 e. The number of hydrogen-bond acceptors (Lipinski definition) is 6. The van der Waals surface area contributed by atoms with E-state index in [1.165, 1.54) is 4.80 Å². The van der Waals surface area contributed by atoms with Crippen LogP contribution >= 0.6 is 12.2 Å². The predicted octanol–water partition coefficient (Wildman–Crippen LogP) is 2.00. The minimum Gasteiger partial charge on any atom is -0.491 e. The van der Waals surface area contributed by atoms with Crippen LogP contribution < -0.4 is 15.4 Å². The molecular formula is C15H20N6O2S. The summed E-state index contributed by atoms with van der Waals surface area (Å²) < 4.78 is 5.57. The Morgan fingerprint density at radius 2 is 2.21 bits per heavy atom. The largest absolute Gasteiger partial charge is 0.491 e. The lowest BCUT2D eigenvalue weighted by Crippen LogP contribution is -2.34. The van der Waals surface area contributed by atoms with E-state index in [0.29, 0.717) is 17.9 Å². The van der Waals surface area contributed by atoms with Crippen molar-refractivity contribution in [3.8, 4) is 5.75 Å². The molecular weight excluding hydrogens is 328 g/mol. The Labute approximate surface area is 145 Å². The average molecular weight is 348 g/mol. The highest BCUT2D eigenvalue weighted by Crippen LogP contribution is 2.14. The van der Waals surface area contributed by atoms with Crippen molar-refractivity contribution in [2.45, 2.75) is 39.8 Å². The van der Waals surface area contributed by atoms with Gasteiger partial charge in [-0.1, -0.05) is 18.1 Å². The first-order valence-electron chi connectivity index (χ1n) is 7.64. The van der Waals surface area contributed by atoms with E-state index in [1.54, 1.807) is 24.3 Å². The van der Waals surface area contributed by atoms with Crippen LogP contribution in [0.1, 0.15) is 37.6 Å². The molecule has 8 nitrogen and oxygen atoms in total. The van der Waals surface area contributed by atoms with Gasteiger partial charge in [0.05, 0.1) is 12.6 Å². The van der Waals surface area contributed by atoms with Gasteiger partial charge in [0.25, 0.3) is 11.9 Å². The minimum absolute atomic E-state index is 0.0304. The highest BCUT2D eigenvalue weighted by molar-refractivity contribution is 7.80. The molecule has 0 fully saturated rings. The van der Waals surface area contributed by atoms with Gasteiger partial charge in [0.2, 0.25) is 0 Å². The number of hydrogen-bond donors (Lipinski definition) is 2. The lowest BCUT2D eigenvalue weighted by Gasteiger charge is -2.11. The number of carbonyl (C=O) groups excluding carboxylic acids is 1. The number of nitrogens with zero attached hydrogens (tertiary/aromatic N) is 4. The van der Waals surface area contributed by atoms with Gasteiger partial charge < -0.3 is 4.74 Å². The third-order valence-electron chi connectivity index (χ3n) is 2.80. The van der Waals surface area contributed by atoms with E-state index in [4.69, 9.17) is 17.0 Å². The van der Waals surface area contributed by atoms with Gasteiger partial charge in [-0.2, -0.15) is 4.80 Å². The zero-order valence-corrected chi connectivity index (χ0v) is 14.6. The van der Waals surface area contributed by atoms with Crippen molar-refractivity contribution < 1.29 is 9.53 Å². The van der Waals surface area contributed by atoms with Crippen LogP contribution in [0.15, 0.2) is 24.3 Å². The topological polar surface area (TPSA) is 94.0 Å². The number of carbonyl (C=O) groups is 1. The Balaban J connectivity index is 1.94. The lowest BCUT2D eigenvalue weighted by molar-refractivity contribution is 0.0977. The second-order valence-electron chi connectivity index (χ2n) is 5.31. The van der Waals surface area contributed by atoms with Crippen LogP contribution in [0.5, 0.6) is 5.75 Å². The molecule has 0 atom stereocenters. The average Bonchev–Trinajstić information content (AvgIpc) is 2.94. The summed E-state index contributed by atoms with van der Waals surface area (Å²) in [5, 5.41) is 17.2. The summed E-state index contributed by atoms with van der Waals surface area (Å²) in [6.07, 6.45) is 0.925. The molecule has 128 valence electrons. The third kappa shape index (κ3) is 5.27. The van der Waals surface area contributed by atoms with Crippen molar-refractivity contribution in [3.63, 3.8) is 0 Å². The Morgan fingerprint density at radius 1 is 1.42 bits per heavy atom. The van der Waals surface area contributed by atoms with Crippen LogP contribution in [-0.2, 0) is 6.54 Å². The van der Waals surface area contributed by atoms with E-state index < -0.39 is 0 Å². The molecule has 0 aliphatic rings. The molecule has 0 spiro atoms. The molecule has 0 unspecified atom stereocenters. The fourth-order valence-electron chi connectivity index (χ4n) is 1.88. The van der Waals surface area contributed by atoms with Crippen LogP contribution in [0.25, 0.3) is 0 Å². The number of thiocarbonyl (C=S) groups is 1. The van der Waals surface area contributed by atoms with Crippen LogP contribution in [0.4, 0.5) is 5.95 Å². The van der Waals surface area contributed by atoms with Crippen LogP contribution in [0, 0.1) is 0 Å². The van der Waals surface area contributed by atoms with E-state index in [9.17, 15) is 4.79 Å². The predicted molar refractivity (Wildman–Crippen MR) is 94.0 cm³/mol. The van der Waals surface area contributed by atoms with E-state index in [0.717, 1.165) is 6.42 Å². The van der Waals surface area contributed by atoms with E-state index in [-0.39, 0.29) is 23.1 Å². The van der Waals surface area contributed by atoms with Crippen LogP contribution in [0.3, 0.4) is 0 Å². The number of tetrazole rings is 1. The standard InChI is InChI=1S/C15H20N6O2S/c1-4-8-21-19-14(18-20-21)17-15(24)16-13(22)11-6-5-7-12(9-11)23-10(2)3/h5-7,9-10H,4,8H2,1-3H3,(H2,16,17,19,22,24). The highest BCUT2D eigenvalue weighted by Gasteiger charge is 2.11. The first kappa shape index (κ1) is 17.8. The van der Waals surface area contributed by atoms with Crippen molar-refractivity contribution in [1.29, 1.82) is 0 Å². The normalized spacial score (nSPS) is 10.5. The number of aryl methyl sites for hydroxylation is 1. The van der Waals surface area contributed by atoms with E-state index in [2.05, 4.69) is 26.0 Å². The van der Waals surface area contributed by atoms with Crippen LogP contribution in [-0.4, -0.2) is 37.3 Å². The number of nitrogens with one attached hydrogen (secondary N) is 2. The Morgan fingerprint density at radius 3 is 2.92 bits per heavy atom. The molecule has 0 saturated heterocycles. The maximum atomic E-state index is 12.2. The highest BCUT2D eigenvalue weighted by atomic mass is 32.1. The van der Waals surface area contributed by atoms with Crippen LogP contribution in [0.2, 0.25) is 0 Å². The first-order valence-corrected chi connectivity index (χ1v) is 8.05. The second kappa shape index (κ2) is 8.34. The molecule has 0 radical (unpaired) electrons. The summed E-state index contributed by atoms with van der Waals surface area (Å²) in [4.78, 5) is 13.7. The molecule has 0 aliphatic carbocycles. The van der Waals surface area contributed by atoms with Gasteiger partial charge in [0.15, 0.2) is 5.11 Å². The molecule has 2 rings (SSSR count). The summed E-state index contributed by atoms with van der Waals surface area (Å²) in [5.74, 6) is 0.522. The molecule has 0 aliphatic heterocycles. The first-order chi connectivity index (χ1) is 11.5. The molecule has 1 heterocycles. The second-order valence-corrected chi connectivity index (χ2v) is 5.72. The van der Waals surface area contributed by atoms with Gasteiger partial charge >= 0.3 is 0 Å². The smallest absolute Gasteiger partial charge is 0.269 e. The van der Waals surface area contributed by atoms with Gasteiger partial charge in [-0.25, -0.2) is 0 Å². The molecule has 1 aromatic carbocycles. The Kier molecular flexibility index (Phi) is 6.19. The van der Waals surface area contributed by atoms with Crippen molar-refractivity contribution in [1.82, 2.24) is 25.5 Å². The monoisotopic (exact) mass is 348 g/mol. The van der Waals surface area contributed by atoms with E-state index >= 15 is 0 Å². The summed E-state index contributed by atoms with van der Waals surface area (Å²) in [5.41, 5.74) is 0.444. The van der Waals surface area contributed by atoms with Crippen molar-refractivity contribution in [2.75, 3.05) is 5.32 Å². The summed E-state index contributed by atoms with van der Waals surface area (Å²) in [6.45, 7) is 6.52.